The smallest absolute Gasteiger partial charge is 0.272 e. The standard InChI is InChI=1S/C22H21FN6O/c1-14-10-16(8-9-17(14)23)12-25-22(30)20-18-19(26-13-27-20)21(29(2)28-18)24-11-15-6-4-3-5-7-15/h3-10,13,24H,11-12H2,1-2H3,(H,25,30). The Hall–Kier alpha value is -3.81. The highest BCUT2D eigenvalue weighted by molar-refractivity contribution is 6.04. The number of nitrogens with zero attached hydrogens (tertiary/aromatic N) is 4. The minimum Gasteiger partial charge on any atom is -0.364 e. The number of aromatic nitrogens is 4. The molecule has 0 unspecified atom stereocenters. The molecule has 4 rings (SSSR count). The van der Waals surface area contributed by atoms with E-state index >= 15 is 0 Å². The lowest BCUT2D eigenvalue weighted by Gasteiger charge is -2.07. The molecule has 0 spiro atoms. The Morgan fingerprint density at radius 1 is 1.03 bits per heavy atom. The molecule has 7 nitrogen and oxygen atoms in total. The number of carbonyl (C=O) groups excluding carboxylic acids is 1. The molecule has 0 fully saturated rings. The third-order valence-corrected chi connectivity index (χ3v) is 4.81. The first-order chi connectivity index (χ1) is 14.5. The van der Waals surface area contributed by atoms with Crippen molar-refractivity contribution in [3.63, 3.8) is 0 Å². The van der Waals surface area contributed by atoms with Crippen LogP contribution >= 0.6 is 0 Å². The maximum atomic E-state index is 13.4. The number of carbonyl (C=O) groups is 1. The summed E-state index contributed by atoms with van der Waals surface area (Å²) in [6.07, 6.45) is 1.36. The van der Waals surface area contributed by atoms with Crippen LogP contribution in [0.3, 0.4) is 0 Å². The maximum absolute atomic E-state index is 13.4. The second kappa shape index (κ2) is 8.28. The molecule has 2 heterocycles. The van der Waals surface area contributed by atoms with Crippen LogP contribution in [0.2, 0.25) is 0 Å². The molecule has 0 aliphatic carbocycles. The van der Waals surface area contributed by atoms with Crippen molar-refractivity contribution in [2.45, 2.75) is 20.0 Å². The number of amides is 1. The maximum Gasteiger partial charge on any atom is 0.272 e. The number of halogens is 1. The van der Waals surface area contributed by atoms with Gasteiger partial charge in [0.2, 0.25) is 0 Å². The van der Waals surface area contributed by atoms with E-state index in [1.807, 2.05) is 30.3 Å². The lowest BCUT2D eigenvalue weighted by molar-refractivity contribution is 0.0947. The molecule has 2 aromatic heterocycles. The largest absolute Gasteiger partial charge is 0.364 e. The topological polar surface area (TPSA) is 84.7 Å². The van der Waals surface area contributed by atoms with Crippen LogP contribution in [0.5, 0.6) is 0 Å². The normalized spacial score (nSPS) is 10.9. The van der Waals surface area contributed by atoms with Crippen LogP contribution in [0.25, 0.3) is 11.0 Å². The van der Waals surface area contributed by atoms with Crippen molar-refractivity contribution >= 4 is 22.8 Å². The lowest BCUT2D eigenvalue weighted by atomic mass is 10.1. The van der Waals surface area contributed by atoms with Gasteiger partial charge in [-0.3, -0.25) is 9.48 Å². The SMILES string of the molecule is Cc1cc(CNC(=O)c2ncnc3c(NCc4ccccc4)n(C)nc23)ccc1F. The highest BCUT2D eigenvalue weighted by Gasteiger charge is 2.19. The number of hydrogen-bond donors (Lipinski definition) is 2. The summed E-state index contributed by atoms with van der Waals surface area (Å²) in [4.78, 5) is 21.2. The predicted molar refractivity (Wildman–Crippen MR) is 112 cm³/mol. The molecule has 0 radical (unpaired) electrons. The Labute approximate surface area is 173 Å². The van der Waals surface area contributed by atoms with E-state index in [1.165, 1.54) is 12.4 Å². The molecule has 0 saturated carbocycles. The van der Waals surface area contributed by atoms with E-state index < -0.39 is 0 Å². The van der Waals surface area contributed by atoms with Gasteiger partial charge >= 0.3 is 0 Å². The van der Waals surface area contributed by atoms with Gasteiger partial charge in [0.25, 0.3) is 5.91 Å². The number of benzene rings is 2. The van der Waals surface area contributed by atoms with Gasteiger partial charge in [0.05, 0.1) is 0 Å². The Morgan fingerprint density at radius 3 is 2.60 bits per heavy atom. The van der Waals surface area contributed by atoms with E-state index in [0.29, 0.717) is 29.0 Å². The van der Waals surface area contributed by atoms with Gasteiger partial charge in [0.1, 0.15) is 23.2 Å². The highest BCUT2D eigenvalue weighted by atomic mass is 19.1. The fourth-order valence-electron chi connectivity index (χ4n) is 3.23. The van der Waals surface area contributed by atoms with Crippen molar-refractivity contribution in [2.24, 2.45) is 7.05 Å². The van der Waals surface area contributed by atoms with Gasteiger partial charge in [0.15, 0.2) is 11.5 Å². The monoisotopic (exact) mass is 404 g/mol. The van der Waals surface area contributed by atoms with E-state index in [0.717, 1.165) is 11.1 Å². The molecule has 8 heteroatoms. The quantitative estimate of drug-likeness (QED) is 0.515. The predicted octanol–water partition coefficient (Wildman–Crippen LogP) is 3.35. The zero-order valence-electron chi connectivity index (χ0n) is 16.7. The summed E-state index contributed by atoms with van der Waals surface area (Å²) in [5.41, 5.74) is 3.65. The number of nitrogens with one attached hydrogen (secondary N) is 2. The second-order valence-corrected chi connectivity index (χ2v) is 7.00. The van der Waals surface area contributed by atoms with Crippen molar-refractivity contribution in [1.29, 1.82) is 0 Å². The number of hydrogen-bond acceptors (Lipinski definition) is 5. The summed E-state index contributed by atoms with van der Waals surface area (Å²) in [5, 5.41) is 10.6. The minimum absolute atomic E-state index is 0.196. The zero-order chi connectivity index (χ0) is 21.1. The van der Waals surface area contributed by atoms with Gasteiger partial charge in [-0.05, 0) is 29.7 Å². The van der Waals surface area contributed by atoms with Gasteiger partial charge < -0.3 is 10.6 Å². The van der Waals surface area contributed by atoms with Crippen molar-refractivity contribution < 1.29 is 9.18 Å². The van der Waals surface area contributed by atoms with E-state index in [2.05, 4.69) is 25.7 Å². The first kappa shape index (κ1) is 19.5. The number of anilines is 1. The van der Waals surface area contributed by atoms with Gasteiger partial charge in [-0.1, -0.05) is 42.5 Å². The molecular formula is C22H21FN6O. The van der Waals surface area contributed by atoms with Crippen molar-refractivity contribution in [3.05, 3.63) is 83.1 Å². The van der Waals surface area contributed by atoms with E-state index in [9.17, 15) is 9.18 Å². The molecule has 0 aliphatic rings. The molecule has 0 atom stereocenters. The zero-order valence-corrected chi connectivity index (χ0v) is 16.7. The minimum atomic E-state index is -0.364. The van der Waals surface area contributed by atoms with E-state index in [-0.39, 0.29) is 24.0 Å². The molecule has 2 aromatic carbocycles. The van der Waals surface area contributed by atoms with Gasteiger partial charge in [-0.15, -0.1) is 0 Å². The summed E-state index contributed by atoms with van der Waals surface area (Å²) < 4.78 is 15.1. The molecule has 4 aromatic rings. The van der Waals surface area contributed by atoms with Gasteiger partial charge in [-0.2, -0.15) is 5.10 Å². The number of fused-ring (bicyclic) bond motifs is 1. The molecule has 152 valence electrons. The van der Waals surface area contributed by atoms with Crippen LogP contribution in [-0.4, -0.2) is 25.7 Å². The fourth-order valence-corrected chi connectivity index (χ4v) is 3.23. The van der Waals surface area contributed by atoms with Crippen molar-refractivity contribution in [2.75, 3.05) is 5.32 Å². The summed E-state index contributed by atoms with van der Waals surface area (Å²) in [7, 11) is 1.79. The van der Waals surface area contributed by atoms with Crippen LogP contribution < -0.4 is 10.6 Å². The fraction of sp³-hybridized carbons (Fsp3) is 0.182. The third-order valence-electron chi connectivity index (χ3n) is 4.81. The van der Waals surface area contributed by atoms with Gasteiger partial charge in [-0.25, -0.2) is 14.4 Å². The first-order valence-electron chi connectivity index (χ1n) is 9.51. The Morgan fingerprint density at radius 2 is 1.83 bits per heavy atom. The average molecular weight is 404 g/mol. The Bertz CT molecular complexity index is 1210. The molecule has 0 bridgehead atoms. The van der Waals surface area contributed by atoms with Crippen LogP contribution in [0.15, 0.2) is 54.9 Å². The van der Waals surface area contributed by atoms with Crippen LogP contribution in [0.1, 0.15) is 27.2 Å². The summed E-state index contributed by atoms with van der Waals surface area (Å²) in [5.74, 6) is 0.0724. The first-order valence-corrected chi connectivity index (χ1v) is 9.51. The third kappa shape index (κ3) is 3.98. The molecule has 0 saturated heterocycles. The molecule has 1 amide bonds. The average Bonchev–Trinajstić information content (AvgIpc) is 3.08. The Kier molecular flexibility index (Phi) is 5.38. The number of rotatable bonds is 6. The second-order valence-electron chi connectivity index (χ2n) is 7.00. The van der Waals surface area contributed by atoms with Crippen LogP contribution in [-0.2, 0) is 20.1 Å². The van der Waals surface area contributed by atoms with E-state index in [4.69, 9.17) is 0 Å². The summed E-state index contributed by atoms with van der Waals surface area (Å²) in [6.45, 7) is 2.55. The lowest BCUT2D eigenvalue weighted by Crippen LogP contribution is -2.24. The number of aryl methyl sites for hydroxylation is 2. The molecular weight excluding hydrogens is 383 g/mol. The summed E-state index contributed by atoms with van der Waals surface area (Å²) >= 11 is 0. The molecule has 0 aliphatic heterocycles. The van der Waals surface area contributed by atoms with Gasteiger partial charge in [0, 0.05) is 20.1 Å². The molecule has 30 heavy (non-hydrogen) atoms. The Balaban J connectivity index is 1.54. The van der Waals surface area contributed by atoms with Crippen molar-refractivity contribution in [3.8, 4) is 0 Å². The molecule has 2 N–H and O–H groups in total. The van der Waals surface area contributed by atoms with Crippen LogP contribution in [0.4, 0.5) is 10.2 Å². The highest BCUT2D eigenvalue weighted by Crippen LogP contribution is 2.22. The van der Waals surface area contributed by atoms with Crippen LogP contribution in [0, 0.1) is 12.7 Å². The van der Waals surface area contributed by atoms with Crippen molar-refractivity contribution in [1.82, 2.24) is 25.1 Å². The van der Waals surface area contributed by atoms with E-state index in [1.54, 1.807) is 30.8 Å². The summed E-state index contributed by atoms with van der Waals surface area (Å²) in [6, 6.07) is 14.7.